The standard InChI is InChI=1S/C12H11BrN4O2/c1-17-8-4-6(2-3-9(8)19-12(17)18)10-7(5-14)15-11(13)16-10/h2-4H,5,14H2,1H3,(H,15,16). The van der Waals surface area contributed by atoms with Crippen LogP contribution in [0.2, 0.25) is 0 Å². The van der Waals surface area contributed by atoms with Crippen LogP contribution in [-0.2, 0) is 13.6 Å². The van der Waals surface area contributed by atoms with Crippen molar-refractivity contribution in [2.24, 2.45) is 12.8 Å². The van der Waals surface area contributed by atoms with Gasteiger partial charge < -0.3 is 15.1 Å². The van der Waals surface area contributed by atoms with Gasteiger partial charge in [-0.25, -0.2) is 9.78 Å². The number of oxazole rings is 1. The lowest BCUT2D eigenvalue weighted by molar-refractivity contribution is 0.528. The largest absolute Gasteiger partial charge is 0.419 e. The van der Waals surface area contributed by atoms with Crippen molar-refractivity contribution >= 4 is 27.0 Å². The third-order valence-electron chi connectivity index (χ3n) is 3.02. The first-order valence-electron chi connectivity index (χ1n) is 5.64. The molecule has 1 aromatic carbocycles. The Morgan fingerprint density at radius 3 is 3.05 bits per heavy atom. The summed E-state index contributed by atoms with van der Waals surface area (Å²) in [5, 5.41) is 0. The van der Waals surface area contributed by atoms with Crippen LogP contribution in [0.4, 0.5) is 0 Å². The van der Waals surface area contributed by atoms with Crippen molar-refractivity contribution in [2.45, 2.75) is 6.54 Å². The summed E-state index contributed by atoms with van der Waals surface area (Å²) in [6, 6.07) is 5.48. The lowest BCUT2D eigenvalue weighted by Crippen LogP contribution is -2.08. The Hall–Kier alpha value is -1.86. The van der Waals surface area contributed by atoms with Crippen LogP contribution >= 0.6 is 15.9 Å². The van der Waals surface area contributed by atoms with Gasteiger partial charge in [-0.15, -0.1) is 0 Å². The quantitative estimate of drug-likeness (QED) is 0.752. The zero-order valence-electron chi connectivity index (χ0n) is 10.1. The van der Waals surface area contributed by atoms with E-state index in [1.807, 2.05) is 12.1 Å². The van der Waals surface area contributed by atoms with Crippen molar-refractivity contribution in [1.29, 1.82) is 0 Å². The highest BCUT2D eigenvalue weighted by atomic mass is 79.9. The molecule has 2 aromatic heterocycles. The molecule has 0 saturated carbocycles. The van der Waals surface area contributed by atoms with Gasteiger partial charge in [-0.3, -0.25) is 4.57 Å². The van der Waals surface area contributed by atoms with Crippen molar-refractivity contribution in [3.63, 3.8) is 0 Å². The number of benzene rings is 1. The predicted octanol–water partition coefficient (Wildman–Crippen LogP) is 1.74. The molecule has 0 aliphatic heterocycles. The first kappa shape index (κ1) is 12.2. The van der Waals surface area contributed by atoms with Crippen LogP contribution in [0.25, 0.3) is 22.4 Å². The highest BCUT2D eigenvalue weighted by Gasteiger charge is 2.13. The van der Waals surface area contributed by atoms with Crippen molar-refractivity contribution < 1.29 is 4.42 Å². The second-order valence-electron chi connectivity index (χ2n) is 4.17. The molecule has 3 aromatic rings. The first-order valence-corrected chi connectivity index (χ1v) is 6.44. The normalized spacial score (nSPS) is 11.3. The third-order valence-corrected chi connectivity index (χ3v) is 3.39. The minimum atomic E-state index is -0.380. The molecule has 6 nitrogen and oxygen atoms in total. The van der Waals surface area contributed by atoms with Gasteiger partial charge in [0.15, 0.2) is 10.3 Å². The number of imidazole rings is 1. The lowest BCUT2D eigenvalue weighted by Gasteiger charge is -2.01. The van der Waals surface area contributed by atoms with Gasteiger partial charge in [0.05, 0.1) is 16.9 Å². The average molecular weight is 323 g/mol. The molecule has 0 spiro atoms. The van der Waals surface area contributed by atoms with Crippen molar-refractivity contribution in [3.05, 3.63) is 39.2 Å². The number of hydrogen-bond acceptors (Lipinski definition) is 4. The van der Waals surface area contributed by atoms with Crippen LogP contribution in [0.3, 0.4) is 0 Å². The summed E-state index contributed by atoms with van der Waals surface area (Å²) in [6.45, 7) is 0.357. The molecule has 0 aliphatic carbocycles. The molecule has 0 amide bonds. The molecule has 0 bridgehead atoms. The molecule has 0 aliphatic rings. The van der Waals surface area contributed by atoms with Crippen LogP contribution in [0.5, 0.6) is 0 Å². The van der Waals surface area contributed by atoms with E-state index in [1.54, 1.807) is 13.1 Å². The maximum atomic E-state index is 11.5. The fourth-order valence-corrected chi connectivity index (χ4v) is 2.45. The number of aromatic amines is 1. The van der Waals surface area contributed by atoms with Gasteiger partial charge in [0.1, 0.15) is 0 Å². The average Bonchev–Trinajstić information content (AvgIpc) is 2.91. The number of H-pyrrole nitrogens is 1. The molecule has 0 radical (unpaired) electrons. The molecule has 0 fully saturated rings. The van der Waals surface area contributed by atoms with Crippen LogP contribution in [0, 0.1) is 0 Å². The number of halogens is 1. The van der Waals surface area contributed by atoms with E-state index in [2.05, 4.69) is 25.9 Å². The van der Waals surface area contributed by atoms with E-state index < -0.39 is 0 Å². The Kier molecular flexibility index (Phi) is 2.79. The molecule has 7 heteroatoms. The van der Waals surface area contributed by atoms with E-state index in [9.17, 15) is 4.79 Å². The summed E-state index contributed by atoms with van der Waals surface area (Å²) in [7, 11) is 1.67. The van der Waals surface area contributed by atoms with Gasteiger partial charge in [-0.05, 0) is 34.1 Å². The Morgan fingerprint density at radius 2 is 2.32 bits per heavy atom. The third kappa shape index (κ3) is 1.91. The summed E-state index contributed by atoms with van der Waals surface area (Å²) >= 11 is 3.29. The molecule has 0 unspecified atom stereocenters. The fourth-order valence-electron chi connectivity index (χ4n) is 2.04. The van der Waals surface area contributed by atoms with Gasteiger partial charge in [-0.1, -0.05) is 0 Å². The highest BCUT2D eigenvalue weighted by Crippen LogP contribution is 2.26. The number of rotatable bonds is 2. The second kappa shape index (κ2) is 4.36. The molecular formula is C12H11BrN4O2. The highest BCUT2D eigenvalue weighted by molar-refractivity contribution is 9.10. The van der Waals surface area contributed by atoms with E-state index in [0.29, 0.717) is 16.9 Å². The lowest BCUT2D eigenvalue weighted by atomic mass is 10.1. The van der Waals surface area contributed by atoms with Gasteiger partial charge >= 0.3 is 5.76 Å². The molecule has 2 heterocycles. The van der Waals surface area contributed by atoms with Gasteiger partial charge in [0, 0.05) is 19.2 Å². The number of nitrogens with one attached hydrogen (secondary N) is 1. The number of aryl methyl sites for hydroxylation is 1. The predicted molar refractivity (Wildman–Crippen MR) is 74.6 cm³/mol. The van der Waals surface area contributed by atoms with Crippen LogP contribution in [-0.4, -0.2) is 14.5 Å². The number of aromatic nitrogens is 3. The van der Waals surface area contributed by atoms with E-state index in [1.165, 1.54) is 4.57 Å². The van der Waals surface area contributed by atoms with Gasteiger partial charge in [0.2, 0.25) is 0 Å². The smallest absolute Gasteiger partial charge is 0.408 e. The number of nitrogens with zero attached hydrogens (tertiary/aromatic N) is 2. The molecule has 0 saturated heterocycles. The molecular weight excluding hydrogens is 312 g/mol. The van der Waals surface area contributed by atoms with Gasteiger partial charge in [-0.2, -0.15) is 0 Å². The Balaban J connectivity index is 2.25. The Labute approximate surface area is 116 Å². The number of fused-ring (bicyclic) bond motifs is 1. The van der Waals surface area contributed by atoms with E-state index in [0.717, 1.165) is 22.5 Å². The Bertz CT molecular complexity index is 815. The molecule has 0 atom stereocenters. The SMILES string of the molecule is Cn1c(=O)oc2ccc(-c3nc(Br)[nH]c3CN)cc21. The zero-order valence-corrected chi connectivity index (χ0v) is 11.7. The summed E-state index contributed by atoms with van der Waals surface area (Å²) in [4.78, 5) is 18.9. The summed E-state index contributed by atoms with van der Waals surface area (Å²) in [6.07, 6.45) is 0. The molecule has 3 N–H and O–H groups in total. The van der Waals surface area contributed by atoms with Crippen LogP contribution in [0.15, 0.2) is 32.1 Å². The van der Waals surface area contributed by atoms with Crippen molar-refractivity contribution in [2.75, 3.05) is 0 Å². The maximum absolute atomic E-state index is 11.5. The molecule has 98 valence electrons. The van der Waals surface area contributed by atoms with Crippen molar-refractivity contribution in [1.82, 2.24) is 14.5 Å². The van der Waals surface area contributed by atoms with E-state index >= 15 is 0 Å². The fraction of sp³-hybridized carbons (Fsp3) is 0.167. The number of hydrogen-bond donors (Lipinski definition) is 2. The molecule has 19 heavy (non-hydrogen) atoms. The van der Waals surface area contributed by atoms with Crippen LogP contribution in [0.1, 0.15) is 5.69 Å². The number of nitrogens with two attached hydrogens (primary N) is 1. The first-order chi connectivity index (χ1) is 9.10. The summed E-state index contributed by atoms with van der Waals surface area (Å²) in [5.41, 5.74) is 9.45. The minimum Gasteiger partial charge on any atom is -0.408 e. The minimum absolute atomic E-state index is 0.357. The van der Waals surface area contributed by atoms with Crippen LogP contribution < -0.4 is 11.5 Å². The zero-order chi connectivity index (χ0) is 13.6. The van der Waals surface area contributed by atoms with E-state index in [4.69, 9.17) is 10.2 Å². The van der Waals surface area contributed by atoms with Crippen molar-refractivity contribution in [3.8, 4) is 11.3 Å². The molecule has 3 rings (SSSR count). The van der Waals surface area contributed by atoms with E-state index in [-0.39, 0.29) is 5.76 Å². The maximum Gasteiger partial charge on any atom is 0.419 e. The monoisotopic (exact) mass is 322 g/mol. The second-order valence-corrected chi connectivity index (χ2v) is 4.92. The van der Waals surface area contributed by atoms with Gasteiger partial charge in [0.25, 0.3) is 0 Å². The Morgan fingerprint density at radius 1 is 1.53 bits per heavy atom. The summed E-state index contributed by atoms with van der Waals surface area (Å²) < 4.78 is 7.19. The topological polar surface area (TPSA) is 89.8 Å². The summed E-state index contributed by atoms with van der Waals surface area (Å²) in [5.74, 6) is -0.380.